The van der Waals surface area contributed by atoms with E-state index in [-0.39, 0.29) is 30.8 Å². The molecular weight excluding hydrogens is 568 g/mol. The minimum atomic E-state index is -0.271. The Morgan fingerprint density at radius 2 is 1.89 bits per heavy atom. The Bertz CT molecular complexity index is 997. The molecule has 198 valence electrons. The number of rotatable bonds is 14. The summed E-state index contributed by atoms with van der Waals surface area (Å²) in [6, 6.07) is 3.57. The molecule has 0 unspecified atom stereocenters. The lowest BCUT2D eigenvalue weighted by molar-refractivity contribution is -0.144. The lowest BCUT2D eigenvalue weighted by Crippen LogP contribution is -2.34. The van der Waals surface area contributed by atoms with Crippen LogP contribution in [0.4, 0.5) is 0 Å². The van der Waals surface area contributed by atoms with Crippen LogP contribution in [0.1, 0.15) is 52.5 Å². The molecule has 1 aliphatic rings. The summed E-state index contributed by atoms with van der Waals surface area (Å²) in [7, 11) is 0. The summed E-state index contributed by atoms with van der Waals surface area (Å²) >= 11 is 10.1. The third-order valence-electron chi connectivity index (χ3n) is 5.19. The maximum absolute atomic E-state index is 13.0. The Balaban J connectivity index is 2.13. The fourth-order valence-electron chi connectivity index (χ4n) is 3.39. The minimum Gasteiger partial charge on any atom is -0.490 e. The molecule has 0 N–H and O–H groups in total. The van der Waals surface area contributed by atoms with Gasteiger partial charge in [0.2, 0.25) is 0 Å². The van der Waals surface area contributed by atoms with Crippen LogP contribution in [0.15, 0.2) is 21.5 Å². The summed E-state index contributed by atoms with van der Waals surface area (Å²) in [6.45, 7) is 9.89. The zero-order valence-electron chi connectivity index (χ0n) is 21.1. The Labute approximate surface area is 230 Å². The molecule has 8 nitrogen and oxygen atoms in total. The summed E-state index contributed by atoms with van der Waals surface area (Å²) in [6.07, 6.45) is 3.22. The molecule has 1 saturated heterocycles. The number of carbonyl (C=O) groups is 3. The maximum atomic E-state index is 13.0. The standard InChI is InChI=1S/C25H33BrN2O6S2/c1-5-12-33-22(30)10-9-11-28-24(31)20(36-25(28)35)15-17-13-18(26)23(19(14-17)32-8-4)34-16-21(29)27(6-2)7-3/h13-15H,5-12,16H2,1-4H3/b20-15+. The van der Waals surface area contributed by atoms with Gasteiger partial charge in [-0.1, -0.05) is 30.9 Å². The molecule has 11 heteroatoms. The van der Waals surface area contributed by atoms with Gasteiger partial charge in [-0.15, -0.1) is 0 Å². The summed E-state index contributed by atoms with van der Waals surface area (Å²) in [5.74, 6) is 0.308. The second kappa shape index (κ2) is 15.2. The predicted octanol–water partition coefficient (Wildman–Crippen LogP) is 5.03. The van der Waals surface area contributed by atoms with Crippen molar-refractivity contribution < 1.29 is 28.6 Å². The van der Waals surface area contributed by atoms with Gasteiger partial charge in [0.1, 0.15) is 4.32 Å². The molecule has 1 heterocycles. The van der Waals surface area contributed by atoms with Gasteiger partial charge in [-0.25, -0.2) is 0 Å². The molecule has 1 aromatic carbocycles. The average Bonchev–Trinajstić information content (AvgIpc) is 3.10. The fourth-order valence-corrected chi connectivity index (χ4v) is 5.27. The van der Waals surface area contributed by atoms with Gasteiger partial charge in [0.05, 0.1) is 22.6 Å². The van der Waals surface area contributed by atoms with E-state index in [0.717, 1.165) is 12.0 Å². The Morgan fingerprint density at radius 1 is 1.17 bits per heavy atom. The first-order chi connectivity index (χ1) is 17.2. The molecule has 36 heavy (non-hydrogen) atoms. The minimum absolute atomic E-state index is 0.107. The molecule has 2 rings (SSSR count). The van der Waals surface area contributed by atoms with E-state index in [1.807, 2.05) is 27.7 Å². The number of halogens is 1. The first-order valence-corrected chi connectivity index (χ1v) is 14.0. The summed E-state index contributed by atoms with van der Waals surface area (Å²) in [5.41, 5.74) is 0.719. The molecule has 0 atom stereocenters. The molecule has 0 saturated carbocycles. The average molecular weight is 602 g/mol. The van der Waals surface area contributed by atoms with Crippen molar-refractivity contribution in [2.24, 2.45) is 0 Å². The predicted molar refractivity (Wildman–Crippen MR) is 149 cm³/mol. The molecule has 0 aliphatic carbocycles. The molecular formula is C25H33BrN2O6S2. The van der Waals surface area contributed by atoms with Gasteiger partial charge < -0.3 is 19.1 Å². The number of hydrogen-bond donors (Lipinski definition) is 0. The van der Waals surface area contributed by atoms with Crippen molar-refractivity contribution >= 4 is 68.1 Å². The first kappa shape index (κ1) is 30.1. The van der Waals surface area contributed by atoms with Crippen molar-refractivity contribution in [3.8, 4) is 11.5 Å². The van der Waals surface area contributed by atoms with Crippen molar-refractivity contribution in [2.75, 3.05) is 39.5 Å². The number of hydrogen-bond acceptors (Lipinski definition) is 8. The number of carbonyl (C=O) groups excluding carboxylic acids is 3. The molecule has 0 spiro atoms. The van der Waals surface area contributed by atoms with Crippen LogP contribution in [0.2, 0.25) is 0 Å². The summed E-state index contributed by atoms with van der Waals surface area (Å²) in [4.78, 5) is 40.7. The van der Waals surface area contributed by atoms with E-state index in [1.165, 1.54) is 16.7 Å². The Hall–Kier alpha value is -2.11. The lowest BCUT2D eigenvalue weighted by atomic mass is 10.1. The second-order valence-corrected chi connectivity index (χ2v) is 10.3. The summed E-state index contributed by atoms with van der Waals surface area (Å²) < 4.78 is 17.7. The molecule has 1 aromatic rings. The van der Waals surface area contributed by atoms with Crippen LogP contribution in [-0.2, 0) is 19.1 Å². The SMILES string of the molecule is CCCOC(=O)CCCN1C(=O)/C(=C\c2cc(Br)c(OCC(=O)N(CC)CC)c(OCC)c2)SC1=S. The van der Waals surface area contributed by atoms with Crippen LogP contribution in [0.5, 0.6) is 11.5 Å². The highest BCUT2D eigenvalue weighted by Crippen LogP contribution is 2.39. The van der Waals surface area contributed by atoms with Gasteiger partial charge in [-0.2, -0.15) is 0 Å². The van der Waals surface area contributed by atoms with Crippen molar-refractivity contribution in [3.05, 3.63) is 27.1 Å². The molecule has 2 amide bonds. The van der Waals surface area contributed by atoms with Crippen molar-refractivity contribution in [1.29, 1.82) is 0 Å². The number of thiocarbonyl (C=S) groups is 1. The van der Waals surface area contributed by atoms with Gasteiger partial charge in [0.15, 0.2) is 18.1 Å². The maximum Gasteiger partial charge on any atom is 0.305 e. The van der Waals surface area contributed by atoms with E-state index >= 15 is 0 Å². The van der Waals surface area contributed by atoms with Crippen LogP contribution >= 0.6 is 39.9 Å². The topological polar surface area (TPSA) is 85.4 Å². The quantitative estimate of drug-likeness (QED) is 0.167. The smallest absolute Gasteiger partial charge is 0.305 e. The molecule has 1 fully saturated rings. The first-order valence-electron chi connectivity index (χ1n) is 12.0. The third kappa shape index (κ3) is 8.48. The van der Waals surface area contributed by atoms with E-state index in [1.54, 1.807) is 23.1 Å². The van der Waals surface area contributed by atoms with Crippen molar-refractivity contribution in [3.63, 3.8) is 0 Å². The largest absolute Gasteiger partial charge is 0.490 e. The number of esters is 1. The number of thioether (sulfide) groups is 1. The number of amides is 2. The Kier molecular flexibility index (Phi) is 12.7. The molecule has 1 aliphatic heterocycles. The van der Waals surface area contributed by atoms with Crippen molar-refractivity contribution in [2.45, 2.75) is 47.0 Å². The zero-order valence-corrected chi connectivity index (χ0v) is 24.4. The van der Waals surface area contributed by atoms with E-state index in [4.69, 9.17) is 26.4 Å². The number of nitrogens with zero attached hydrogens (tertiary/aromatic N) is 2. The van der Waals surface area contributed by atoms with Crippen LogP contribution in [-0.4, -0.2) is 71.4 Å². The van der Waals surface area contributed by atoms with Gasteiger partial charge in [-0.05, 0) is 73.3 Å². The second-order valence-electron chi connectivity index (χ2n) is 7.78. The van der Waals surface area contributed by atoms with Gasteiger partial charge in [0, 0.05) is 26.1 Å². The normalized spacial score (nSPS) is 14.4. The third-order valence-corrected chi connectivity index (χ3v) is 7.16. The number of benzene rings is 1. The van der Waals surface area contributed by atoms with Gasteiger partial charge in [-0.3, -0.25) is 19.3 Å². The molecule has 0 radical (unpaired) electrons. The highest BCUT2D eigenvalue weighted by atomic mass is 79.9. The van der Waals surface area contributed by atoms with E-state index in [0.29, 0.717) is 64.5 Å². The van der Waals surface area contributed by atoms with E-state index in [9.17, 15) is 14.4 Å². The van der Waals surface area contributed by atoms with E-state index in [2.05, 4.69) is 15.9 Å². The number of ether oxygens (including phenoxy) is 3. The molecule has 0 bridgehead atoms. The van der Waals surface area contributed by atoms with Crippen LogP contribution < -0.4 is 9.47 Å². The fraction of sp³-hybridized carbons (Fsp3) is 0.520. The lowest BCUT2D eigenvalue weighted by Gasteiger charge is -2.20. The van der Waals surface area contributed by atoms with Crippen molar-refractivity contribution in [1.82, 2.24) is 9.80 Å². The van der Waals surface area contributed by atoms with Gasteiger partial charge >= 0.3 is 5.97 Å². The molecule has 0 aromatic heterocycles. The zero-order chi connectivity index (χ0) is 26.7. The number of likely N-dealkylation sites (N-methyl/N-ethyl adjacent to an activating group) is 1. The monoisotopic (exact) mass is 600 g/mol. The Morgan fingerprint density at radius 3 is 2.53 bits per heavy atom. The van der Waals surface area contributed by atoms with Crippen LogP contribution in [0.25, 0.3) is 6.08 Å². The highest BCUT2D eigenvalue weighted by molar-refractivity contribution is 9.10. The van der Waals surface area contributed by atoms with Crippen LogP contribution in [0, 0.1) is 0 Å². The summed E-state index contributed by atoms with van der Waals surface area (Å²) in [5, 5.41) is 0. The van der Waals surface area contributed by atoms with Gasteiger partial charge in [0.25, 0.3) is 11.8 Å². The highest BCUT2D eigenvalue weighted by Gasteiger charge is 2.32. The van der Waals surface area contributed by atoms with E-state index < -0.39 is 0 Å². The van der Waals surface area contributed by atoms with Crippen LogP contribution in [0.3, 0.4) is 0 Å².